The van der Waals surface area contributed by atoms with Crippen LogP contribution in [0.3, 0.4) is 0 Å². The maximum absolute atomic E-state index is 6.34. The van der Waals surface area contributed by atoms with Crippen molar-refractivity contribution in [3.8, 4) is 5.75 Å². The van der Waals surface area contributed by atoms with Gasteiger partial charge in [0.1, 0.15) is 11.4 Å². The molecule has 96 valence electrons. The molecule has 1 fully saturated rings. The van der Waals surface area contributed by atoms with E-state index in [9.17, 15) is 0 Å². The van der Waals surface area contributed by atoms with Gasteiger partial charge in [-0.2, -0.15) is 0 Å². The zero-order chi connectivity index (χ0) is 12.7. The first-order valence-electron chi connectivity index (χ1n) is 6.97. The van der Waals surface area contributed by atoms with Crippen LogP contribution in [0.25, 0.3) is 16.8 Å². The van der Waals surface area contributed by atoms with Crippen molar-refractivity contribution >= 4 is 16.8 Å². The SMILES string of the molecule is C1=CC2(CCNCC2)Oc2ccc3ccccc3c21. The first-order chi connectivity index (χ1) is 9.36. The summed E-state index contributed by atoms with van der Waals surface area (Å²) >= 11 is 0. The third-order valence-corrected chi connectivity index (χ3v) is 4.25. The minimum absolute atomic E-state index is 0.0826. The van der Waals surface area contributed by atoms with Crippen molar-refractivity contribution in [2.45, 2.75) is 18.4 Å². The Morgan fingerprint density at radius 3 is 2.74 bits per heavy atom. The van der Waals surface area contributed by atoms with Crippen LogP contribution in [-0.4, -0.2) is 18.7 Å². The number of fused-ring (bicyclic) bond motifs is 3. The molecule has 1 spiro atoms. The Bertz CT molecular complexity index is 653. The maximum atomic E-state index is 6.34. The highest BCUT2D eigenvalue weighted by Gasteiger charge is 2.34. The Kier molecular flexibility index (Phi) is 2.39. The van der Waals surface area contributed by atoms with Crippen LogP contribution in [0.15, 0.2) is 42.5 Å². The standard InChI is InChI=1S/C17H17NO/c1-2-4-14-13(3-1)5-6-16-15(14)7-8-17(19-16)9-11-18-12-10-17/h1-8,18H,9-12H2. The van der Waals surface area contributed by atoms with Gasteiger partial charge in [-0.25, -0.2) is 0 Å². The lowest BCUT2D eigenvalue weighted by molar-refractivity contribution is 0.0825. The summed E-state index contributed by atoms with van der Waals surface area (Å²) in [6.07, 6.45) is 6.63. The average molecular weight is 251 g/mol. The Balaban J connectivity index is 1.83. The van der Waals surface area contributed by atoms with Crippen molar-refractivity contribution in [1.82, 2.24) is 5.32 Å². The van der Waals surface area contributed by atoms with Crippen molar-refractivity contribution in [2.24, 2.45) is 0 Å². The molecule has 2 aliphatic heterocycles. The van der Waals surface area contributed by atoms with Gasteiger partial charge in [-0.15, -0.1) is 0 Å². The van der Waals surface area contributed by atoms with Crippen LogP contribution < -0.4 is 10.1 Å². The molecular weight excluding hydrogens is 234 g/mol. The molecule has 0 aromatic heterocycles. The number of rotatable bonds is 0. The molecule has 2 aromatic carbocycles. The summed E-state index contributed by atoms with van der Waals surface area (Å²) in [6.45, 7) is 2.07. The first kappa shape index (κ1) is 11.1. The fourth-order valence-electron chi connectivity index (χ4n) is 3.14. The first-order valence-corrected chi connectivity index (χ1v) is 6.97. The second-order valence-electron chi connectivity index (χ2n) is 5.45. The van der Waals surface area contributed by atoms with Gasteiger partial charge in [0.05, 0.1) is 0 Å². The van der Waals surface area contributed by atoms with E-state index in [1.807, 2.05) is 0 Å². The summed E-state index contributed by atoms with van der Waals surface area (Å²) in [5.41, 5.74) is 1.14. The van der Waals surface area contributed by atoms with Gasteiger partial charge in [0.25, 0.3) is 0 Å². The van der Waals surface area contributed by atoms with Crippen LogP contribution in [0.1, 0.15) is 18.4 Å². The quantitative estimate of drug-likeness (QED) is 0.775. The Morgan fingerprint density at radius 1 is 1.00 bits per heavy atom. The van der Waals surface area contributed by atoms with Crippen LogP contribution in [0, 0.1) is 0 Å². The number of hydrogen-bond acceptors (Lipinski definition) is 2. The molecule has 2 heteroatoms. The third kappa shape index (κ3) is 1.75. The van der Waals surface area contributed by atoms with E-state index in [1.54, 1.807) is 0 Å². The van der Waals surface area contributed by atoms with Gasteiger partial charge in [0.2, 0.25) is 0 Å². The predicted octanol–water partition coefficient (Wildman–Crippen LogP) is 3.37. The lowest BCUT2D eigenvalue weighted by atomic mass is 9.88. The average Bonchev–Trinajstić information content (AvgIpc) is 2.47. The fourth-order valence-corrected chi connectivity index (χ4v) is 3.14. The molecule has 0 bridgehead atoms. The van der Waals surface area contributed by atoms with E-state index in [2.05, 4.69) is 53.9 Å². The van der Waals surface area contributed by atoms with Crippen LogP contribution in [-0.2, 0) is 0 Å². The van der Waals surface area contributed by atoms with E-state index in [4.69, 9.17) is 4.74 Å². The van der Waals surface area contributed by atoms with Gasteiger partial charge in [0.15, 0.2) is 0 Å². The zero-order valence-corrected chi connectivity index (χ0v) is 10.9. The summed E-state index contributed by atoms with van der Waals surface area (Å²) in [4.78, 5) is 0. The minimum Gasteiger partial charge on any atom is -0.482 e. The van der Waals surface area contributed by atoms with E-state index in [0.29, 0.717) is 0 Å². The lowest BCUT2D eigenvalue weighted by Crippen LogP contribution is -2.45. The van der Waals surface area contributed by atoms with Gasteiger partial charge in [-0.1, -0.05) is 36.4 Å². The zero-order valence-electron chi connectivity index (χ0n) is 10.9. The van der Waals surface area contributed by atoms with Crippen LogP contribution in [0.2, 0.25) is 0 Å². The molecular formula is C17H17NO. The number of piperidine rings is 1. The predicted molar refractivity (Wildman–Crippen MR) is 78.4 cm³/mol. The second kappa shape index (κ2) is 4.10. The number of hydrogen-bond donors (Lipinski definition) is 1. The molecule has 0 atom stereocenters. The van der Waals surface area contributed by atoms with E-state index >= 15 is 0 Å². The van der Waals surface area contributed by atoms with Crippen LogP contribution in [0.4, 0.5) is 0 Å². The lowest BCUT2D eigenvalue weighted by Gasteiger charge is -2.38. The van der Waals surface area contributed by atoms with E-state index in [1.165, 1.54) is 16.3 Å². The van der Waals surface area contributed by atoms with Crippen molar-refractivity contribution in [2.75, 3.05) is 13.1 Å². The Morgan fingerprint density at radius 2 is 1.84 bits per heavy atom. The largest absolute Gasteiger partial charge is 0.482 e. The van der Waals surface area contributed by atoms with Crippen molar-refractivity contribution in [3.05, 3.63) is 48.0 Å². The fraction of sp³-hybridized carbons (Fsp3) is 0.294. The molecule has 2 aliphatic rings. The molecule has 1 saturated heterocycles. The molecule has 2 heterocycles. The van der Waals surface area contributed by atoms with Gasteiger partial charge in [0, 0.05) is 18.4 Å². The summed E-state index contributed by atoms with van der Waals surface area (Å²) < 4.78 is 6.34. The Labute approximate surface area is 113 Å². The molecule has 0 amide bonds. The molecule has 0 saturated carbocycles. The highest BCUT2D eigenvalue weighted by Crippen LogP contribution is 2.39. The van der Waals surface area contributed by atoms with Crippen molar-refractivity contribution < 1.29 is 4.74 Å². The van der Waals surface area contributed by atoms with Crippen molar-refractivity contribution in [1.29, 1.82) is 0 Å². The monoisotopic (exact) mass is 251 g/mol. The molecule has 2 aromatic rings. The number of nitrogens with one attached hydrogen (secondary N) is 1. The van der Waals surface area contributed by atoms with E-state index < -0.39 is 0 Å². The molecule has 2 nitrogen and oxygen atoms in total. The van der Waals surface area contributed by atoms with Crippen LogP contribution >= 0.6 is 0 Å². The highest BCUT2D eigenvalue weighted by atomic mass is 16.5. The maximum Gasteiger partial charge on any atom is 0.130 e. The second-order valence-corrected chi connectivity index (χ2v) is 5.45. The van der Waals surface area contributed by atoms with Crippen LogP contribution in [0.5, 0.6) is 5.75 Å². The topological polar surface area (TPSA) is 21.3 Å². The summed E-state index contributed by atoms with van der Waals surface area (Å²) in [7, 11) is 0. The Hall–Kier alpha value is -1.80. The molecule has 0 aliphatic carbocycles. The summed E-state index contributed by atoms with van der Waals surface area (Å²) in [6, 6.07) is 12.8. The number of benzene rings is 2. The van der Waals surface area contributed by atoms with Gasteiger partial charge >= 0.3 is 0 Å². The smallest absolute Gasteiger partial charge is 0.130 e. The van der Waals surface area contributed by atoms with Gasteiger partial charge in [-0.3, -0.25) is 0 Å². The molecule has 1 N–H and O–H groups in total. The van der Waals surface area contributed by atoms with Crippen molar-refractivity contribution in [3.63, 3.8) is 0 Å². The molecule has 19 heavy (non-hydrogen) atoms. The minimum atomic E-state index is -0.0826. The molecule has 4 rings (SSSR count). The highest BCUT2D eigenvalue weighted by molar-refractivity contribution is 5.93. The van der Waals surface area contributed by atoms with E-state index in [-0.39, 0.29) is 5.60 Å². The summed E-state index contributed by atoms with van der Waals surface area (Å²) in [5.74, 6) is 1.03. The summed E-state index contributed by atoms with van der Waals surface area (Å²) in [5, 5.41) is 5.95. The molecule has 0 unspecified atom stereocenters. The van der Waals surface area contributed by atoms with Gasteiger partial charge < -0.3 is 10.1 Å². The number of ether oxygens (including phenoxy) is 1. The molecule has 0 radical (unpaired) electrons. The van der Waals surface area contributed by atoms with E-state index in [0.717, 1.165) is 31.7 Å². The third-order valence-electron chi connectivity index (χ3n) is 4.25. The normalized spacial score (nSPS) is 20.2. The van der Waals surface area contributed by atoms with Gasteiger partial charge in [-0.05, 0) is 36.0 Å².